The summed E-state index contributed by atoms with van der Waals surface area (Å²) in [6.07, 6.45) is 21.2. The van der Waals surface area contributed by atoms with Crippen LogP contribution in [-0.4, -0.2) is 27.5 Å². The average Bonchev–Trinajstić information content (AvgIpc) is 2.85. The number of hydrogen-bond acceptors (Lipinski definition) is 4. The molecule has 1 aromatic heterocycles. The lowest BCUT2D eigenvalue weighted by atomic mass is 9.72. The molecule has 0 saturated heterocycles. The predicted octanol–water partition coefficient (Wildman–Crippen LogP) is 6.68. The van der Waals surface area contributed by atoms with Gasteiger partial charge in [0.15, 0.2) is 0 Å². The Balaban J connectivity index is 1.58. The van der Waals surface area contributed by atoms with E-state index in [0.29, 0.717) is 13.0 Å². The first-order valence-corrected chi connectivity index (χ1v) is 12.6. The normalized spacial score (nSPS) is 16.4. The predicted molar refractivity (Wildman–Crippen MR) is 152 cm³/mol. The van der Waals surface area contributed by atoms with Gasteiger partial charge >= 0.3 is 0 Å². The van der Waals surface area contributed by atoms with Gasteiger partial charge in [-0.15, -0.1) is 0 Å². The van der Waals surface area contributed by atoms with Crippen molar-refractivity contribution in [3.63, 3.8) is 0 Å². The SMILES string of the molecule is CC1=C(/C=C/C(C)=C/C=C/C(C)=C\C(=O)NCCc2ccc(O)cc2)C(C)(C)CC=C1c1cncnc1. The van der Waals surface area contributed by atoms with Crippen LogP contribution in [0, 0.1) is 5.41 Å². The van der Waals surface area contributed by atoms with Crippen LogP contribution in [0.2, 0.25) is 0 Å². The summed E-state index contributed by atoms with van der Waals surface area (Å²) in [5.41, 5.74) is 7.92. The number of carbonyl (C=O) groups excluding carboxylic acids is 1. The van der Waals surface area contributed by atoms with Gasteiger partial charge in [-0.3, -0.25) is 4.79 Å². The molecule has 0 saturated carbocycles. The van der Waals surface area contributed by atoms with E-state index in [1.807, 2.05) is 49.7 Å². The van der Waals surface area contributed by atoms with Crippen molar-refractivity contribution in [2.24, 2.45) is 5.41 Å². The lowest BCUT2D eigenvalue weighted by Gasteiger charge is -2.32. The third-order valence-electron chi connectivity index (χ3n) is 6.46. The van der Waals surface area contributed by atoms with Crippen molar-refractivity contribution < 1.29 is 9.90 Å². The van der Waals surface area contributed by atoms with Gasteiger partial charge in [0, 0.05) is 30.6 Å². The Labute approximate surface area is 220 Å². The molecule has 1 heterocycles. The summed E-state index contributed by atoms with van der Waals surface area (Å²) in [5, 5.41) is 12.2. The average molecular weight is 496 g/mol. The Morgan fingerprint density at radius 1 is 1.08 bits per heavy atom. The fourth-order valence-corrected chi connectivity index (χ4v) is 4.32. The number of benzene rings is 1. The van der Waals surface area contributed by atoms with Crippen molar-refractivity contribution in [1.29, 1.82) is 0 Å². The van der Waals surface area contributed by atoms with E-state index >= 15 is 0 Å². The molecule has 0 radical (unpaired) electrons. The molecule has 37 heavy (non-hydrogen) atoms. The Kier molecular flexibility index (Phi) is 9.56. The van der Waals surface area contributed by atoms with Crippen molar-refractivity contribution >= 4 is 11.5 Å². The number of hydrogen-bond donors (Lipinski definition) is 2. The fraction of sp³-hybridized carbons (Fsp3) is 0.281. The van der Waals surface area contributed by atoms with Crippen molar-refractivity contribution in [1.82, 2.24) is 15.3 Å². The summed E-state index contributed by atoms with van der Waals surface area (Å²) in [5.74, 6) is 0.129. The fourth-order valence-electron chi connectivity index (χ4n) is 4.32. The maximum absolute atomic E-state index is 12.2. The molecule has 1 aliphatic rings. The summed E-state index contributed by atoms with van der Waals surface area (Å²) in [6, 6.07) is 7.02. The third-order valence-corrected chi connectivity index (χ3v) is 6.46. The van der Waals surface area contributed by atoms with Gasteiger partial charge in [0.2, 0.25) is 5.91 Å². The molecule has 1 aromatic carbocycles. The highest BCUT2D eigenvalue weighted by Gasteiger charge is 2.27. The zero-order valence-electron chi connectivity index (χ0n) is 22.5. The standard InChI is InChI=1S/C32H37N3O2/c1-23(7-6-8-24(2)19-31(37)35-18-16-26-10-12-28(36)13-11-26)9-14-30-25(3)29(15-17-32(30,4)5)27-20-33-22-34-21-27/h6-15,19-22,36H,16-18H2,1-5H3,(H,35,37)/b8-6+,14-9+,23-7+,24-19-. The number of nitrogens with zero attached hydrogens (tertiary/aromatic N) is 2. The minimum atomic E-state index is -0.115. The van der Waals surface area contributed by atoms with Crippen LogP contribution in [0.15, 0.2) is 108 Å². The molecule has 1 amide bonds. The molecule has 0 bridgehead atoms. The zero-order valence-corrected chi connectivity index (χ0v) is 22.5. The molecule has 1 aliphatic carbocycles. The van der Waals surface area contributed by atoms with Crippen LogP contribution in [0.1, 0.15) is 52.2 Å². The van der Waals surface area contributed by atoms with E-state index in [0.717, 1.165) is 28.7 Å². The maximum atomic E-state index is 12.2. The summed E-state index contributed by atoms with van der Waals surface area (Å²) in [6.45, 7) is 11.2. The first-order chi connectivity index (χ1) is 17.7. The van der Waals surface area contributed by atoms with Crippen molar-refractivity contribution in [2.45, 2.75) is 47.5 Å². The van der Waals surface area contributed by atoms with Gasteiger partial charge in [0.25, 0.3) is 0 Å². The van der Waals surface area contributed by atoms with Gasteiger partial charge < -0.3 is 10.4 Å². The molecular formula is C32H37N3O2. The van der Waals surface area contributed by atoms with Gasteiger partial charge in [-0.25, -0.2) is 9.97 Å². The molecule has 0 unspecified atom stereocenters. The minimum Gasteiger partial charge on any atom is -0.508 e. The van der Waals surface area contributed by atoms with E-state index in [-0.39, 0.29) is 17.1 Å². The highest BCUT2D eigenvalue weighted by Crippen LogP contribution is 2.43. The number of amides is 1. The number of aromatic nitrogens is 2. The zero-order chi connectivity index (χ0) is 26.8. The number of carbonyl (C=O) groups is 1. The Bertz CT molecular complexity index is 1280. The molecule has 192 valence electrons. The van der Waals surface area contributed by atoms with Crippen LogP contribution in [-0.2, 0) is 11.2 Å². The number of rotatable bonds is 9. The molecule has 0 aliphatic heterocycles. The summed E-state index contributed by atoms with van der Waals surface area (Å²) in [4.78, 5) is 20.5. The van der Waals surface area contributed by atoms with Gasteiger partial charge in [-0.2, -0.15) is 0 Å². The molecule has 5 heteroatoms. The number of nitrogens with one attached hydrogen (secondary N) is 1. The maximum Gasteiger partial charge on any atom is 0.244 e. The monoisotopic (exact) mass is 495 g/mol. The second-order valence-electron chi connectivity index (χ2n) is 10.1. The molecule has 2 N–H and O–H groups in total. The molecular weight excluding hydrogens is 458 g/mol. The molecule has 0 spiro atoms. The molecule has 5 nitrogen and oxygen atoms in total. The highest BCUT2D eigenvalue weighted by atomic mass is 16.3. The number of phenols is 1. The van der Waals surface area contributed by atoms with Gasteiger partial charge in [-0.05, 0) is 79.0 Å². The van der Waals surface area contributed by atoms with Crippen LogP contribution in [0.4, 0.5) is 0 Å². The highest BCUT2D eigenvalue weighted by molar-refractivity contribution is 5.88. The first kappa shape index (κ1) is 27.6. The second kappa shape index (κ2) is 12.8. The van der Waals surface area contributed by atoms with Gasteiger partial charge in [0.1, 0.15) is 12.1 Å². The number of allylic oxidation sites excluding steroid dienone is 11. The minimum absolute atomic E-state index is 0.0464. The van der Waals surface area contributed by atoms with Gasteiger partial charge in [0.05, 0.1) is 0 Å². The molecule has 3 rings (SSSR count). The molecule has 0 atom stereocenters. The smallest absolute Gasteiger partial charge is 0.244 e. The Hall–Kier alpha value is -3.99. The summed E-state index contributed by atoms with van der Waals surface area (Å²) in [7, 11) is 0. The van der Waals surface area contributed by atoms with Crippen LogP contribution in [0.5, 0.6) is 5.75 Å². The van der Waals surface area contributed by atoms with Crippen LogP contribution in [0.3, 0.4) is 0 Å². The van der Waals surface area contributed by atoms with E-state index in [1.165, 1.54) is 16.7 Å². The van der Waals surface area contributed by atoms with E-state index in [1.54, 1.807) is 24.5 Å². The van der Waals surface area contributed by atoms with Gasteiger partial charge in [-0.1, -0.05) is 68.0 Å². The van der Waals surface area contributed by atoms with E-state index in [4.69, 9.17) is 0 Å². The van der Waals surface area contributed by atoms with Crippen molar-refractivity contribution in [3.05, 3.63) is 119 Å². The summed E-state index contributed by atoms with van der Waals surface area (Å²) >= 11 is 0. The van der Waals surface area contributed by atoms with Crippen LogP contribution < -0.4 is 5.32 Å². The van der Waals surface area contributed by atoms with Crippen molar-refractivity contribution in [2.75, 3.05) is 6.54 Å². The first-order valence-electron chi connectivity index (χ1n) is 12.6. The van der Waals surface area contributed by atoms with Crippen LogP contribution >= 0.6 is 0 Å². The number of aromatic hydroxyl groups is 1. The lowest BCUT2D eigenvalue weighted by Crippen LogP contribution is -2.23. The third kappa shape index (κ3) is 8.28. The molecule has 0 fully saturated rings. The summed E-state index contributed by atoms with van der Waals surface area (Å²) < 4.78 is 0. The number of phenolic OH excluding ortho intramolecular Hbond substituents is 1. The lowest BCUT2D eigenvalue weighted by molar-refractivity contribution is -0.116. The topological polar surface area (TPSA) is 75.1 Å². The van der Waals surface area contributed by atoms with Crippen LogP contribution in [0.25, 0.3) is 5.57 Å². The van der Waals surface area contributed by atoms with Crippen molar-refractivity contribution in [3.8, 4) is 5.75 Å². The molecule has 2 aromatic rings. The van der Waals surface area contributed by atoms with E-state index < -0.39 is 0 Å². The second-order valence-corrected chi connectivity index (χ2v) is 10.1. The quantitative estimate of drug-likeness (QED) is 0.301. The van der Waals surface area contributed by atoms with E-state index in [2.05, 4.69) is 61.2 Å². The Morgan fingerprint density at radius 3 is 2.49 bits per heavy atom. The Morgan fingerprint density at radius 2 is 1.78 bits per heavy atom. The largest absolute Gasteiger partial charge is 0.508 e. The van der Waals surface area contributed by atoms with E-state index in [9.17, 15) is 9.90 Å².